The molecular formula is C32H18F12O2. The van der Waals surface area contributed by atoms with Crippen molar-refractivity contribution in [2.75, 3.05) is 0 Å². The molecule has 0 bridgehead atoms. The molecule has 0 aliphatic heterocycles. The zero-order valence-corrected chi connectivity index (χ0v) is 23.1. The molecule has 0 fully saturated rings. The maximum absolute atomic E-state index is 14.9. The zero-order chi connectivity index (χ0) is 34.0. The smallest absolute Gasteiger partial charge is 0.429 e. The van der Waals surface area contributed by atoms with Crippen molar-refractivity contribution in [2.24, 2.45) is 0 Å². The van der Waals surface area contributed by atoms with Crippen LogP contribution in [0, 0.1) is 29.1 Å². The minimum atomic E-state index is -5.49. The van der Waals surface area contributed by atoms with Crippen LogP contribution in [0.2, 0.25) is 0 Å². The zero-order valence-electron chi connectivity index (χ0n) is 23.1. The van der Waals surface area contributed by atoms with Crippen LogP contribution < -0.4 is 9.47 Å². The van der Waals surface area contributed by atoms with Gasteiger partial charge in [0.25, 0.3) is 0 Å². The van der Waals surface area contributed by atoms with Crippen molar-refractivity contribution in [2.45, 2.75) is 25.8 Å². The van der Waals surface area contributed by atoms with Crippen LogP contribution >= 0.6 is 0 Å². The summed E-state index contributed by atoms with van der Waals surface area (Å²) >= 11 is 0. The summed E-state index contributed by atoms with van der Waals surface area (Å²) in [7, 11) is 0. The Morgan fingerprint density at radius 2 is 1.20 bits per heavy atom. The lowest BCUT2D eigenvalue weighted by Crippen LogP contribution is -2.23. The Labute approximate surface area is 252 Å². The number of rotatable bonds is 9. The molecule has 0 aliphatic rings. The van der Waals surface area contributed by atoms with Crippen LogP contribution in [0.15, 0.2) is 84.7 Å². The van der Waals surface area contributed by atoms with Crippen molar-refractivity contribution in [1.82, 2.24) is 0 Å². The molecule has 0 saturated carbocycles. The number of alkyl halides is 5. The van der Waals surface area contributed by atoms with E-state index in [0.29, 0.717) is 18.6 Å². The molecule has 0 aliphatic carbocycles. The van der Waals surface area contributed by atoms with E-state index in [2.05, 4.69) is 9.47 Å². The van der Waals surface area contributed by atoms with Gasteiger partial charge in [0, 0.05) is 17.7 Å². The summed E-state index contributed by atoms with van der Waals surface area (Å²) in [5, 5.41) is 0. The summed E-state index contributed by atoms with van der Waals surface area (Å²) in [4.78, 5) is 0. The van der Waals surface area contributed by atoms with Crippen LogP contribution in [0.4, 0.5) is 52.7 Å². The van der Waals surface area contributed by atoms with Gasteiger partial charge in [-0.05, 0) is 53.5 Å². The fourth-order valence-electron chi connectivity index (χ4n) is 4.18. The van der Waals surface area contributed by atoms with Gasteiger partial charge in [-0.2, -0.15) is 8.78 Å². The first-order valence-electron chi connectivity index (χ1n) is 12.9. The molecule has 0 heterocycles. The largest absolute Gasteiger partial charge is 0.573 e. The lowest BCUT2D eigenvalue weighted by Gasteiger charge is -2.20. The molecule has 14 heteroatoms. The van der Waals surface area contributed by atoms with E-state index in [0.717, 1.165) is 12.1 Å². The summed E-state index contributed by atoms with van der Waals surface area (Å²) in [6.45, 7) is 1.72. The Hall–Kier alpha value is -4.88. The van der Waals surface area contributed by atoms with Crippen molar-refractivity contribution < 1.29 is 62.2 Å². The highest BCUT2D eigenvalue weighted by Gasteiger charge is 2.38. The van der Waals surface area contributed by atoms with Crippen molar-refractivity contribution in [3.05, 3.63) is 125 Å². The minimum absolute atomic E-state index is 0.0481. The van der Waals surface area contributed by atoms with Gasteiger partial charge in [-0.15, -0.1) is 13.2 Å². The first kappa shape index (κ1) is 34.0. The fraction of sp³-hybridized carbons (Fsp3) is 0.125. The highest BCUT2D eigenvalue weighted by Crippen LogP contribution is 2.39. The van der Waals surface area contributed by atoms with E-state index in [9.17, 15) is 52.7 Å². The van der Waals surface area contributed by atoms with E-state index in [4.69, 9.17) is 0 Å². The van der Waals surface area contributed by atoms with Gasteiger partial charge in [0.2, 0.25) is 5.75 Å². The molecule has 0 atom stereocenters. The first-order chi connectivity index (χ1) is 21.5. The fourth-order valence-corrected chi connectivity index (χ4v) is 4.18. The Morgan fingerprint density at radius 3 is 1.72 bits per heavy atom. The highest BCUT2D eigenvalue weighted by atomic mass is 19.4. The van der Waals surface area contributed by atoms with E-state index in [-0.39, 0.29) is 41.0 Å². The van der Waals surface area contributed by atoms with Gasteiger partial charge in [0.05, 0.1) is 11.1 Å². The van der Waals surface area contributed by atoms with E-state index in [1.54, 1.807) is 6.92 Å². The second kappa shape index (κ2) is 13.2. The lowest BCUT2D eigenvalue weighted by atomic mass is 10.0. The molecule has 4 aromatic carbocycles. The maximum atomic E-state index is 14.9. The second-order valence-electron chi connectivity index (χ2n) is 9.44. The number of hydrogen-bond donors (Lipinski definition) is 0. The Bertz CT molecular complexity index is 1760. The molecule has 0 aromatic heterocycles. The SMILES string of the molecule is CC/C=C/C(F)=C(\F)c1ccc(-c2ccc(C(F)(F)Oc3cc(F)c(-c4cc(F)c(OC(F)(F)F)c(F)c4)c(F)c3)c(F)c2)cc1. The number of allylic oxidation sites excluding steroid dienone is 3. The van der Waals surface area contributed by atoms with Crippen molar-refractivity contribution in [1.29, 1.82) is 0 Å². The van der Waals surface area contributed by atoms with Gasteiger partial charge in [0.1, 0.15) is 23.2 Å². The Morgan fingerprint density at radius 1 is 0.652 bits per heavy atom. The molecule has 0 unspecified atom stereocenters. The molecule has 0 radical (unpaired) electrons. The Balaban J connectivity index is 1.57. The quantitative estimate of drug-likeness (QED) is 0.131. The average molecular weight is 662 g/mol. The molecule has 0 amide bonds. The number of hydrogen-bond acceptors (Lipinski definition) is 2. The molecular weight excluding hydrogens is 644 g/mol. The van der Waals surface area contributed by atoms with Crippen LogP contribution in [-0.4, -0.2) is 6.36 Å². The van der Waals surface area contributed by atoms with Crippen molar-refractivity contribution in [3.63, 3.8) is 0 Å². The molecule has 242 valence electrons. The summed E-state index contributed by atoms with van der Waals surface area (Å²) in [6, 6.07) is 7.91. The van der Waals surface area contributed by atoms with Gasteiger partial charge in [-0.25, -0.2) is 30.7 Å². The Kier molecular flexibility index (Phi) is 9.78. The van der Waals surface area contributed by atoms with Crippen molar-refractivity contribution in [3.8, 4) is 33.8 Å². The van der Waals surface area contributed by atoms with Crippen LogP contribution in [0.5, 0.6) is 11.5 Å². The highest BCUT2D eigenvalue weighted by molar-refractivity contribution is 5.70. The van der Waals surface area contributed by atoms with Crippen LogP contribution in [0.25, 0.3) is 28.1 Å². The number of benzene rings is 4. The molecule has 46 heavy (non-hydrogen) atoms. The third-order valence-corrected chi connectivity index (χ3v) is 6.23. The summed E-state index contributed by atoms with van der Waals surface area (Å²) in [6.07, 6.45) is -7.18. The van der Waals surface area contributed by atoms with E-state index < -0.39 is 81.4 Å². The van der Waals surface area contributed by atoms with Crippen LogP contribution in [-0.2, 0) is 6.11 Å². The third kappa shape index (κ3) is 7.66. The normalized spacial score (nSPS) is 12.8. The van der Waals surface area contributed by atoms with Crippen molar-refractivity contribution >= 4 is 5.83 Å². The monoisotopic (exact) mass is 662 g/mol. The van der Waals surface area contributed by atoms with Gasteiger partial charge in [-0.3, -0.25) is 0 Å². The molecule has 0 saturated heterocycles. The van der Waals surface area contributed by atoms with E-state index in [1.807, 2.05) is 0 Å². The molecule has 4 aromatic rings. The minimum Gasteiger partial charge on any atom is -0.429 e. The molecule has 0 spiro atoms. The third-order valence-electron chi connectivity index (χ3n) is 6.23. The average Bonchev–Trinajstić information content (AvgIpc) is 2.96. The predicted molar refractivity (Wildman–Crippen MR) is 143 cm³/mol. The number of ether oxygens (including phenoxy) is 2. The van der Waals surface area contributed by atoms with E-state index in [1.165, 1.54) is 30.3 Å². The van der Waals surface area contributed by atoms with Gasteiger partial charge < -0.3 is 9.47 Å². The van der Waals surface area contributed by atoms with Crippen LogP contribution in [0.3, 0.4) is 0 Å². The summed E-state index contributed by atoms with van der Waals surface area (Å²) in [5.41, 5.74) is -3.35. The second-order valence-corrected chi connectivity index (χ2v) is 9.44. The van der Waals surface area contributed by atoms with Crippen LogP contribution in [0.1, 0.15) is 24.5 Å². The van der Waals surface area contributed by atoms with Gasteiger partial charge in [0.15, 0.2) is 23.3 Å². The lowest BCUT2D eigenvalue weighted by molar-refractivity contribution is -0.276. The molecule has 2 nitrogen and oxygen atoms in total. The van der Waals surface area contributed by atoms with Gasteiger partial charge in [-0.1, -0.05) is 43.3 Å². The first-order valence-corrected chi connectivity index (χ1v) is 12.9. The molecule has 4 rings (SSSR count). The number of halogens is 12. The predicted octanol–water partition coefficient (Wildman–Crippen LogP) is 11.3. The molecule has 0 N–H and O–H groups in total. The summed E-state index contributed by atoms with van der Waals surface area (Å²) < 4.78 is 175. The standard InChI is InChI=1S/C32H18F12O2/c1-2-3-4-22(33)29(39)17-7-5-16(6-8-17)18-9-10-21(23(34)11-18)31(40,41)45-20-14-24(35)28(25(36)15-20)19-12-26(37)30(27(38)13-19)46-32(42,43)44/h3-15H,2H2,1H3/b4-3+,29-22+. The summed E-state index contributed by atoms with van der Waals surface area (Å²) in [5.74, 6) is -14.2. The topological polar surface area (TPSA) is 18.5 Å². The van der Waals surface area contributed by atoms with E-state index >= 15 is 0 Å². The van der Waals surface area contributed by atoms with Gasteiger partial charge >= 0.3 is 12.5 Å². The maximum Gasteiger partial charge on any atom is 0.573 e.